The maximum atomic E-state index is 2.73. The van der Waals surface area contributed by atoms with E-state index in [2.05, 4.69) is 18.7 Å². The van der Waals surface area contributed by atoms with Crippen LogP contribution in [0.1, 0.15) is 65.2 Å². The predicted molar refractivity (Wildman–Crippen MR) is 75.2 cm³/mol. The molecule has 17 heavy (non-hydrogen) atoms. The number of rotatable bonds is 4. The summed E-state index contributed by atoms with van der Waals surface area (Å²) in [5, 5.41) is 0. The highest BCUT2D eigenvalue weighted by atomic mass is 15.1. The van der Waals surface area contributed by atoms with Gasteiger partial charge < -0.3 is 4.90 Å². The molecule has 1 aliphatic heterocycles. The molecule has 0 N–H and O–H groups in total. The molecular weight excluding hydrogens is 206 g/mol. The van der Waals surface area contributed by atoms with Crippen LogP contribution in [0.2, 0.25) is 0 Å². The summed E-state index contributed by atoms with van der Waals surface area (Å²) in [6, 6.07) is 0. The van der Waals surface area contributed by atoms with Gasteiger partial charge in [-0.1, -0.05) is 26.7 Å². The normalized spacial score (nSPS) is 33.5. The van der Waals surface area contributed by atoms with Crippen LogP contribution in [0.4, 0.5) is 0 Å². The number of hydrogen-bond donors (Lipinski definition) is 0. The maximum Gasteiger partial charge on any atom is 0.000966 e. The standard InChI is InChI=1S/C16H31N/c1-3-14(2)16-9-7-15(8-10-16)13-17-11-5-4-6-12-17/h14-16H,3-13H2,1-2H3. The number of piperidine rings is 1. The van der Waals surface area contributed by atoms with Gasteiger partial charge in [-0.25, -0.2) is 0 Å². The van der Waals surface area contributed by atoms with Crippen LogP contribution in [0.15, 0.2) is 0 Å². The molecule has 1 heterocycles. The number of hydrogen-bond acceptors (Lipinski definition) is 1. The van der Waals surface area contributed by atoms with E-state index >= 15 is 0 Å². The van der Waals surface area contributed by atoms with Crippen molar-refractivity contribution in [3.63, 3.8) is 0 Å². The highest BCUT2D eigenvalue weighted by Gasteiger charge is 2.25. The van der Waals surface area contributed by atoms with Gasteiger partial charge in [-0.2, -0.15) is 0 Å². The van der Waals surface area contributed by atoms with Crippen LogP contribution < -0.4 is 0 Å². The van der Waals surface area contributed by atoms with E-state index in [4.69, 9.17) is 0 Å². The van der Waals surface area contributed by atoms with Crippen molar-refractivity contribution in [3.8, 4) is 0 Å². The molecule has 1 heteroatoms. The zero-order valence-electron chi connectivity index (χ0n) is 12.0. The lowest BCUT2D eigenvalue weighted by Gasteiger charge is -2.36. The highest BCUT2D eigenvalue weighted by molar-refractivity contribution is 4.78. The Morgan fingerprint density at radius 3 is 2.24 bits per heavy atom. The van der Waals surface area contributed by atoms with Gasteiger partial charge in [-0.15, -0.1) is 0 Å². The third kappa shape index (κ3) is 3.98. The highest BCUT2D eigenvalue weighted by Crippen LogP contribution is 2.35. The molecule has 2 rings (SSSR count). The van der Waals surface area contributed by atoms with Crippen molar-refractivity contribution in [2.45, 2.75) is 65.2 Å². The molecule has 1 nitrogen and oxygen atoms in total. The van der Waals surface area contributed by atoms with Gasteiger partial charge in [0.15, 0.2) is 0 Å². The summed E-state index contributed by atoms with van der Waals surface area (Å²) in [6.07, 6.45) is 11.8. The predicted octanol–water partition coefficient (Wildman–Crippen LogP) is 4.32. The molecular formula is C16H31N. The summed E-state index contributed by atoms with van der Waals surface area (Å²) in [4.78, 5) is 2.73. The minimum Gasteiger partial charge on any atom is -0.303 e. The Hall–Kier alpha value is -0.0400. The van der Waals surface area contributed by atoms with Gasteiger partial charge in [0.25, 0.3) is 0 Å². The lowest BCUT2D eigenvalue weighted by molar-refractivity contribution is 0.143. The molecule has 0 aromatic heterocycles. The fraction of sp³-hybridized carbons (Fsp3) is 1.00. The smallest absolute Gasteiger partial charge is 0.000966 e. The van der Waals surface area contributed by atoms with Crippen molar-refractivity contribution >= 4 is 0 Å². The Morgan fingerprint density at radius 2 is 1.65 bits per heavy atom. The molecule has 2 aliphatic rings. The third-order valence-electron chi connectivity index (χ3n) is 5.31. The van der Waals surface area contributed by atoms with E-state index in [0.29, 0.717) is 0 Å². The SMILES string of the molecule is CCC(C)C1CCC(CN2CCCCC2)CC1. The Bertz CT molecular complexity index is 200. The zero-order valence-corrected chi connectivity index (χ0v) is 12.0. The van der Waals surface area contributed by atoms with Crippen LogP contribution >= 0.6 is 0 Å². The molecule has 0 aromatic rings. The number of nitrogens with zero attached hydrogens (tertiary/aromatic N) is 1. The van der Waals surface area contributed by atoms with Crippen LogP contribution in [-0.2, 0) is 0 Å². The molecule has 2 fully saturated rings. The van der Waals surface area contributed by atoms with Gasteiger partial charge in [-0.05, 0) is 69.4 Å². The van der Waals surface area contributed by atoms with Gasteiger partial charge in [0.1, 0.15) is 0 Å². The first-order valence-electron chi connectivity index (χ1n) is 8.02. The molecule has 1 saturated carbocycles. The molecule has 0 radical (unpaired) electrons. The number of likely N-dealkylation sites (tertiary alicyclic amines) is 1. The van der Waals surface area contributed by atoms with E-state index in [0.717, 1.165) is 17.8 Å². The Kier molecular flexibility index (Phi) is 5.34. The quantitative estimate of drug-likeness (QED) is 0.703. The summed E-state index contributed by atoms with van der Waals surface area (Å²) < 4.78 is 0. The fourth-order valence-electron chi connectivity index (χ4n) is 3.78. The van der Waals surface area contributed by atoms with E-state index in [9.17, 15) is 0 Å². The van der Waals surface area contributed by atoms with Crippen LogP contribution in [0.25, 0.3) is 0 Å². The molecule has 0 bridgehead atoms. The van der Waals surface area contributed by atoms with Crippen LogP contribution in [0.5, 0.6) is 0 Å². The monoisotopic (exact) mass is 237 g/mol. The molecule has 0 aromatic carbocycles. The summed E-state index contributed by atoms with van der Waals surface area (Å²) >= 11 is 0. The zero-order chi connectivity index (χ0) is 12.1. The maximum absolute atomic E-state index is 2.73. The molecule has 1 saturated heterocycles. The van der Waals surface area contributed by atoms with E-state index in [1.807, 2.05) is 0 Å². The summed E-state index contributed by atoms with van der Waals surface area (Å²) in [6.45, 7) is 8.98. The summed E-state index contributed by atoms with van der Waals surface area (Å²) in [7, 11) is 0. The van der Waals surface area contributed by atoms with Gasteiger partial charge in [-0.3, -0.25) is 0 Å². The largest absolute Gasteiger partial charge is 0.303 e. The Morgan fingerprint density at radius 1 is 1.00 bits per heavy atom. The van der Waals surface area contributed by atoms with Gasteiger partial charge in [0.05, 0.1) is 0 Å². The third-order valence-corrected chi connectivity index (χ3v) is 5.31. The van der Waals surface area contributed by atoms with Crippen LogP contribution in [0, 0.1) is 17.8 Å². The summed E-state index contributed by atoms with van der Waals surface area (Å²) in [5.41, 5.74) is 0. The minimum absolute atomic E-state index is 0.964. The van der Waals surface area contributed by atoms with E-state index in [-0.39, 0.29) is 0 Å². The first-order valence-corrected chi connectivity index (χ1v) is 8.02. The molecule has 1 unspecified atom stereocenters. The Balaban J connectivity index is 1.67. The first-order chi connectivity index (χ1) is 8.29. The lowest BCUT2D eigenvalue weighted by Crippen LogP contribution is -2.35. The van der Waals surface area contributed by atoms with E-state index < -0.39 is 0 Å². The van der Waals surface area contributed by atoms with Crippen molar-refractivity contribution in [3.05, 3.63) is 0 Å². The lowest BCUT2D eigenvalue weighted by atomic mass is 9.75. The van der Waals surface area contributed by atoms with Crippen molar-refractivity contribution in [2.24, 2.45) is 17.8 Å². The molecule has 1 aliphatic carbocycles. The van der Waals surface area contributed by atoms with Gasteiger partial charge >= 0.3 is 0 Å². The second-order valence-electron chi connectivity index (χ2n) is 6.53. The van der Waals surface area contributed by atoms with Gasteiger partial charge in [0.2, 0.25) is 0 Å². The van der Waals surface area contributed by atoms with Crippen molar-refractivity contribution in [1.29, 1.82) is 0 Å². The van der Waals surface area contributed by atoms with Crippen molar-refractivity contribution in [2.75, 3.05) is 19.6 Å². The van der Waals surface area contributed by atoms with E-state index in [1.54, 1.807) is 0 Å². The minimum atomic E-state index is 0.964. The average Bonchev–Trinajstić information content (AvgIpc) is 2.40. The molecule has 1 atom stereocenters. The molecule has 100 valence electrons. The van der Waals surface area contributed by atoms with Crippen molar-refractivity contribution in [1.82, 2.24) is 4.90 Å². The average molecular weight is 237 g/mol. The molecule has 0 amide bonds. The topological polar surface area (TPSA) is 3.24 Å². The fourth-order valence-corrected chi connectivity index (χ4v) is 3.78. The van der Waals surface area contributed by atoms with Gasteiger partial charge in [0, 0.05) is 6.54 Å². The Labute approximate surface area is 108 Å². The summed E-state index contributed by atoms with van der Waals surface area (Å²) in [5.74, 6) is 3.02. The second-order valence-corrected chi connectivity index (χ2v) is 6.53. The van der Waals surface area contributed by atoms with Crippen LogP contribution in [-0.4, -0.2) is 24.5 Å². The first kappa shape index (κ1) is 13.4. The second kappa shape index (κ2) is 6.78. The van der Waals surface area contributed by atoms with Crippen molar-refractivity contribution < 1.29 is 0 Å². The van der Waals surface area contributed by atoms with E-state index in [1.165, 1.54) is 71.0 Å². The molecule has 0 spiro atoms. The van der Waals surface area contributed by atoms with Crippen LogP contribution in [0.3, 0.4) is 0 Å².